The molecule has 0 bridgehead atoms. The summed E-state index contributed by atoms with van der Waals surface area (Å²) in [7, 11) is 0. The van der Waals surface area contributed by atoms with Crippen LogP contribution in [0.4, 0.5) is 13.2 Å². The van der Waals surface area contributed by atoms with Gasteiger partial charge in [0.05, 0.1) is 30.5 Å². The standard InChI is InChI=1S/C10H11F3N2O2/c1-3-17-9(16)7(2)5-15-6-8(4-14-15)10(11,12)13/h4,6H,2-3,5H2,1H3. The van der Waals surface area contributed by atoms with Crippen LogP contribution >= 0.6 is 0 Å². The second-order valence-corrected chi connectivity index (χ2v) is 3.25. The Morgan fingerprint density at radius 3 is 2.71 bits per heavy atom. The van der Waals surface area contributed by atoms with Crippen LogP contribution in [0.15, 0.2) is 24.5 Å². The molecule has 0 spiro atoms. The van der Waals surface area contributed by atoms with E-state index in [1.165, 1.54) is 0 Å². The summed E-state index contributed by atoms with van der Waals surface area (Å²) in [5, 5.41) is 3.49. The SMILES string of the molecule is C=C(Cn1cc(C(F)(F)F)cn1)C(=O)OCC. The third kappa shape index (κ3) is 3.61. The minimum Gasteiger partial charge on any atom is -0.463 e. The van der Waals surface area contributed by atoms with Crippen molar-refractivity contribution in [3.05, 3.63) is 30.1 Å². The lowest BCUT2D eigenvalue weighted by Gasteiger charge is -2.05. The van der Waals surface area contributed by atoms with Gasteiger partial charge < -0.3 is 4.74 Å². The third-order valence-electron chi connectivity index (χ3n) is 1.88. The molecular formula is C10H11F3N2O2. The molecule has 0 unspecified atom stereocenters. The highest BCUT2D eigenvalue weighted by atomic mass is 19.4. The molecule has 1 aromatic heterocycles. The van der Waals surface area contributed by atoms with Gasteiger partial charge in [0.25, 0.3) is 0 Å². The summed E-state index contributed by atoms with van der Waals surface area (Å²) in [6.45, 7) is 5.10. The van der Waals surface area contributed by atoms with Crippen LogP contribution in [0.5, 0.6) is 0 Å². The fourth-order valence-electron chi connectivity index (χ4n) is 1.09. The zero-order chi connectivity index (χ0) is 13.1. The Labute approximate surface area is 95.7 Å². The molecule has 0 amide bonds. The van der Waals surface area contributed by atoms with Crippen molar-refractivity contribution >= 4 is 5.97 Å². The zero-order valence-corrected chi connectivity index (χ0v) is 9.12. The molecule has 1 rings (SSSR count). The lowest BCUT2D eigenvalue weighted by Crippen LogP contribution is -2.12. The summed E-state index contributed by atoms with van der Waals surface area (Å²) < 4.78 is 42.4. The summed E-state index contributed by atoms with van der Waals surface area (Å²) in [6, 6.07) is 0. The molecule has 0 atom stereocenters. The van der Waals surface area contributed by atoms with Gasteiger partial charge in [-0.05, 0) is 6.92 Å². The van der Waals surface area contributed by atoms with E-state index >= 15 is 0 Å². The molecule has 7 heteroatoms. The van der Waals surface area contributed by atoms with Crippen LogP contribution in [0, 0.1) is 0 Å². The molecule has 0 saturated heterocycles. The maximum atomic E-state index is 12.3. The number of carbonyl (C=O) groups excluding carboxylic acids is 1. The van der Waals surface area contributed by atoms with E-state index in [0.29, 0.717) is 6.20 Å². The molecule has 0 aliphatic rings. The van der Waals surface area contributed by atoms with Gasteiger partial charge in [0.15, 0.2) is 0 Å². The van der Waals surface area contributed by atoms with E-state index in [4.69, 9.17) is 0 Å². The molecule has 1 aromatic rings. The lowest BCUT2D eigenvalue weighted by atomic mass is 10.3. The van der Waals surface area contributed by atoms with Crippen molar-refractivity contribution in [2.45, 2.75) is 19.6 Å². The molecule has 0 aliphatic carbocycles. The highest BCUT2D eigenvalue weighted by Crippen LogP contribution is 2.28. The van der Waals surface area contributed by atoms with Crippen LogP contribution in [0.2, 0.25) is 0 Å². The number of hydrogen-bond donors (Lipinski definition) is 0. The van der Waals surface area contributed by atoms with Gasteiger partial charge in [0.2, 0.25) is 0 Å². The van der Waals surface area contributed by atoms with E-state index < -0.39 is 17.7 Å². The fourth-order valence-corrected chi connectivity index (χ4v) is 1.09. The third-order valence-corrected chi connectivity index (χ3v) is 1.88. The predicted octanol–water partition coefficient (Wildman–Crippen LogP) is 2.02. The molecule has 0 radical (unpaired) electrons. The highest BCUT2D eigenvalue weighted by molar-refractivity contribution is 5.87. The number of halogens is 3. The number of hydrogen-bond acceptors (Lipinski definition) is 3. The minimum atomic E-state index is -4.44. The van der Waals surface area contributed by atoms with Gasteiger partial charge in [-0.2, -0.15) is 18.3 Å². The maximum absolute atomic E-state index is 12.3. The number of nitrogens with zero attached hydrogens (tertiary/aromatic N) is 2. The number of aromatic nitrogens is 2. The van der Waals surface area contributed by atoms with Crippen molar-refractivity contribution in [2.24, 2.45) is 0 Å². The Hall–Kier alpha value is -1.79. The maximum Gasteiger partial charge on any atom is 0.419 e. The van der Waals surface area contributed by atoms with Gasteiger partial charge in [-0.15, -0.1) is 0 Å². The molecule has 0 saturated carbocycles. The van der Waals surface area contributed by atoms with Crippen molar-refractivity contribution in [1.82, 2.24) is 9.78 Å². The summed E-state index contributed by atoms with van der Waals surface area (Å²) >= 11 is 0. The van der Waals surface area contributed by atoms with Crippen molar-refractivity contribution in [3.63, 3.8) is 0 Å². The van der Waals surface area contributed by atoms with E-state index in [9.17, 15) is 18.0 Å². The lowest BCUT2D eigenvalue weighted by molar-refractivity contribution is -0.138. The van der Waals surface area contributed by atoms with Crippen LogP contribution < -0.4 is 0 Å². The summed E-state index contributed by atoms with van der Waals surface area (Å²) in [4.78, 5) is 11.2. The minimum absolute atomic E-state index is 0.0451. The van der Waals surface area contributed by atoms with Crippen molar-refractivity contribution < 1.29 is 22.7 Å². The summed E-state index contributed by atoms with van der Waals surface area (Å²) in [5.74, 6) is -0.642. The Kier molecular flexibility index (Phi) is 3.93. The number of esters is 1. The molecule has 0 aliphatic heterocycles. The number of alkyl halides is 3. The van der Waals surface area contributed by atoms with Crippen molar-refractivity contribution in [3.8, 4) is 0 Å². The van der Waals surface area contributed by atoms with Crippen molar-refractivity contribution in [2.75, 3.05) is 6.61 Å². The Morgan fingerprint density at radius 2 is 2.24 bits per heavy atom. The Morgan fingerprint density at radius 1 is 1.59 bits per heavy atom. The molecule has 1 heterocycles. The monoisotopic (exact) mass is 248 g/mol. The smallest absolute Gasteiger partial charge is 0.419 e. The van der Waals surface area contributed by atoms with E-state index in [0.717, 1.165) is 10.9 Å². The molecule has 0 aromatic carbocycles. The first-order valence-electron chi connectivity index (χ1n) is 4.79. The second-order valence-electron chi connectivity index (χ2n) is 3.25. The quantitative estimate of drug-likeness (QED) is 0.604. The molecule has 0 N–H and O–H groups in total. The van der Waals surface area contributed by atoms with Crippen LogP contribution in [0.1, 0.15) is 12.5 Å². The zero-order valence-electron chi connectivity index (χ0n) is 9.12. The first-order valence-corrected chi connectivity index (χ1v) is 4.79. The molecule has 94 valence electrons. The van der Waals surface area contributed by atoms with Gasteiger partial charge in [-0.1, -0.05) is 6.58 Å². The molecular weight excluding hydrogens is 237 g/mol. The van der Waals surface area contributed by atoms with E-state index in [1.54, 1.807) is 6.92 Å². The van der Waals surface area contributed by atoms with Gasteiger partial charge in [0, 0.05) is 6.20 Å². The van der Waals surface area contributed by atoms with Gasteiger partial charge in [0.1, 0.15) is 0 Å². The highest BCUT2D eigenvalue weighted by Gasteiger charge is 2.32. The molecule has 17 heavy (non-hydrogen) atoms. The number of rotatable bonds is 4. The van der Waals surface area contributed by atoms with Gasteiger partial charge >= 0.3 is 12.1 Å². The van der Waals surface area contributed by atoms with E-state index in [-0.39, 0.29) is 18.7 Å². The Bertz CT molecular complexity index is 423. The van der Waals surface area contributed by atoms with Crippen LogP contribution in [-0.2, 0) is 22.3 Å². The Balaban J connectivity index is 2.67. The number of ether oxygens (including phenoxy) is 1. The van der Waals surface area contributed by atoms with Crippen LogP contribution in [0.3, 0.4) is 0 Å². The summed E-state index contributed by atoms with van der Waals surface area (Å²) in [6.07, 6.45) is -2.94. The second kappa shape index (κ2) is 5.03. The normalized spacial score (nSPS) is 11.3. The average Bonchev–Trinajstić information content (AvgIpc) is 2.66. The van der Waals surface area contributed by atoms with Crippen LogP contribution in [-0.4, -0.2) is 22.4 Å². The number of carbonyl (C=O) groups is 1. The van der Waals surface area contributed by atoms with Gasteiger partial charge in [-0.25, -0.2) is 4.79 Å². The average molecular weight is 248 g/mol. The van der Waals surface area contributed by atoms with Crippen molar-refractivity contribution in [1.29, 1.82) is 0 Å². The van der Waals surface area contributed by atoms with E-state index in [1.807, 2.05) is 0 Å². The summed E-state index contributed by atoms with van der Waals surface area (Å²) in [5.41, 5.74) is -0.821. The first kappa shape index (κ1) is 13.3. The van der Waals surface area contributed by atoms with Gasteiger partial charge in [-0.3, -0.25) is 4.68 Å². The molecule has 0 fully saturated rings. The first-order chi connectivity index (χ1) is 7.84. The predicted molar refractivity (Wildman–Crippen MR) is 53.0 cm³/mol. The topological polar surface area (TPSA) is 44.1 Å². The van der Waals surface area contributed by atoms with Crippen LogP contribution in [0.25, 0.3) is 0 Å². The molecule has 4 nitrogen and oxygen atoms in total. The largest absolute Gasteiger partial charge is 0.463 e. The fraction of sp³-hybridized carbons (Fsp3) is 0.400. The van der Waals surface area contributed by atoms with E-state index in [2.05, 4.69) is 16.4 Å².